The van der Waals surface area contributed by atoms with Gasteiger partial charge in [0.15, 0.2) is 0 Å². The van der Waals surface area contributed by atoms with Crippen LogP contribution in [0, 0.1) is 6.92 Å². The van der Waals surface area contributed by atoms with E-state index in [1.54, 1.807) is 14.2 Å². The maximum Gasteiger partial charge on any atom is 0.125 e. The minimum Gasteiger partial charge on any atom is -0.497 e. The van der Waals surface area contributed by atoms with Gasteiger partial charge in [-0.2, -0.15) is 0 Å². The number of hydrogen-bond acceptors (Lipinski definition) is 3. The molecule has 1 atom stereocenters. The minimum atomic E-state index is -0.759. The van der Waals surface area contributed by atoms with E-state index in [1.165, 1.54) is 0 Å². The second-order valence-electron chi connectivity index (χ2n) is 4.54. The summed E-state index contributed by atoms with van der Waals surface area (Å²) in [5.41, 5.74) is 2.59. The summed E-state index contributed by atoms with van der Waals surface area (Å²) < 4.78 is 11.3. The summed E-state index contributed by atoms with van der Waals surface area (Å²) >= 11 is 3.47. The average Bonchev–Trinajstić information content (AvgIpc) is 2.46. The number of aliphatic hydroxyl groups is 1. The number of aryl methyl sites for hydroxylation is 1. The van der Waals surface area contributed by atoms with Crippen molar-refractivity contribution >= 4 is 15.9 Å². The van der Waals surface area contributed by atoms with Crippen LogP contribution in [0.15, 0.2) is 40.9 Å². The third-order valence-electron chi connectivity index (χ3n) is 3.18. The van der Waals surface area contributed by atoms with E-state index in [0.717, 1.165) is 26.9 Å². The van der Waals surface area contributed by atoms with Crippen molar-refractivity contribution in [3.63, 3.8) is 0 Å². The Balaban J connectivity index is 2.45. The number of benzene rings is 2. The Morgan fingerprint density at radius 3 is 2.35 bits per heavy atom. The van der Waals surface area contributed by atoms with E-state index in [1.807, 2.05) is 43.3 Å². The molecule has 1 N–H and O–H groups in total. The van der Waals surface area contributed by atoms with Gasteiger partial charge in [-0.25, -0.2) is 0 Å². The molecule has 0 aliphatic carbocycles. The molecule has 2 aromatic carbocycles. The molecule has 2 aromatic rings. The Morgan fingerprint density at radius 1 is 1.00 bits per heavy atom. The third-order valence-corrected chi connectivity index (χ3v) is 3.87. The fraction of sp³-hybridized carbons (Fsp3) is 0.250. The maximum atomic E-state index is 10.6. The molecule has 20 heavy (non-hydrogen) atoms. The molecule has 0 spiro atoms. The van der Waals surface area contributed by atoms with E-state index in [9.17, 15) is 5.11 Å². The quantitative estimate of drug-likeness (QED) is 0.921. The molecule has 0 radical (unpaired) electrons. The molecule has 0 aliphatic rings. The van der Waals surface area contributed by atoms with Crippen LogP contribution in [0.4, 0.5) is 0 Å². The van der Waals surface area contributed by atoms with E-state index in [4.69, 9.17) is 9.47 Å². The van der Waals surface area contributed by atoms with E-state index < -0.39 is 6.10 Å². The van der Waals surface area contributed by atoms with Crippen molar-refractivity contribution in [1.29, 1.82) is 0 Å². The first kappa shape index (κ1) is 14.9. The first-order valence-corrected chi connectivity index (χ1v) is 7.02. The second-order valence-corrected chi connectivity index (χ2v) is 5.39. The van der Waals surface area contributed by atoms with Gasteiger partial charge in [0.2, 0.25) is 0 Å². The fourth-order valence-corrected chi connectivity index (χ4v) is 2.67. The van der Waals surface area contributed by atoms with E-state index in [2.05, 4.69) is 15.9 Å². The van der Waals surface area contributed by atoms with Crippen LogP contribution in [0.3, 0.4) is 0 Å². The van der Waals surface area contributed by atoms with E-state index >= 15 is 0 Å². The zero-order valence-corrected chi connectivity index (χ0v) is 13.3. The molecule has 106 valence electrons. The highest BCUT2D eigenvalue weighted by molar-refractivity contribution is 9.10. The molecular formula is C16H17BrO3. The Bertz CT molecular complexity index is 611. The standard InChI is InChI=1S/C16H17BrO3/c1-10-4-7-15(20-3)13(8-10)16(18)12-6-5-11(19-2)9-14(12)17/h4-9,16,18H,1-3H3. The number of methoxy groups -OCH3 is 2. The molecule has 0 saturated carbocycles. The normalized spacial score (nSPS) is 12.1. The predicted octanol–water partition coefficient (Wildman–Crippen LogP) is 3.86. The van der Waals surface area contributed by atoms with Gasteiger partial charge in [-0.05, 0) is 36.8 Å². The summed E-state index contributed by atoms with van der Waals surface area (Å²) in [5.74, 6) is 1.41. The molecule has 2 rings (SSSR count). The van der Waals surface area contributed by atoms with Crippen LogP contribution in [0.5, 0.6) is 11.5 Å². The largest absolute Gasteiger partial charge is 0.497 e. The molecule has 0 aromatic heterocycles. The summed E-state index contributed by atoms with van der Waals surface area (Å²) in [4.78, 5) is 0. The van der Waals surface area contributed by atoms with Crippen LogP contribution in [0.1, 0.15) is 22.8 Å². The lowest BCUT2D eigenvalue weighted by Gasteiger charge is -2.17. The van der Waals surface area contributed by atoms with Crippen molar-refractivity contribution in [3.05, 3.63) is 57.6 Å². The van der Waals surface area contributed by atoms with Crippen LogP contribution in [-0.2, 0) is 0 Å². The van der Waals surface area contributed by atoms with Gasteiger partial charge in [-0.3, -0.25) is 0 Å². The van der Waals surface area contributed by atoms with Crippen molar-refractivity contribution in [2.45, 2.75) is 13.0 Å². The lowest BCUT2D eigenvalue weighted by molar-refractivity contribution is 0.214. The van der Waals surface area contributed by atoms with Crippen LogP contribution >= 0.6 is 15.9 Å². The summed E-state index contributed by atoms with van der Waals surface area (Å²) in [6, 6.07) is 11.3. The van der Waals surface area contributed by atoms with Crippen LogP contribution in [0.2, 0.25) is 0 Å². The molecule has 0 heterocycles. The monoisotopic (exact) mass is 336 g/mol. The third kappa shape index (κ3) is 2.97. The highest BCUT2D eigenvalue weighted by atomic mass is 79.9. The summed E-state index contributed by atoms with van der Waals surface area (Å²) in [7, 11) is 3.21. The van der Waals surface area contributed by atoms with Crippen LogP contribution in [0.25, 0.3) is 0 Å². The number of aliphatic hydroxyl groups excluding tert-OH is 1. The molecule has 0 aliphatic heterocycles. The molecular weight excluding hydrogens is 320 g/mol. The minimum absolute atomic E-state index is 0.672. The van der Waals surface area contributed by atoms with Gasteiger partial charge in [0.1, 0.15) is 17.6 Å². The maximum absolute atomic E-state index is 10.6. The Kier molecular flexibility index (Phi) is 4.68. The number of hydrogen-bond donors (Lipinski definition) is 1. The molecule has 4 heteroatoms. The highest BCUT2D eigenvalue weighted by Gasteiger charge is 2.18. The van der Waals surface area contributed by atoms with E-state index in [0.29, 0.717) is 5.75 Å². The number of rotatable bonds is 4. The molecule has 0 amide bonds. The molecule has 1 unspecified atom stereocenters. The summed E-state index contributed by atoms with van der Waals surface area (Å²) in [6.45, 7) is 1.98. The Hall–Kier alpha value is -1.52. The van der Waals surface area contributed by atoms with Crippen LogP contribution in [-0.4, -0.2) is 19.3 Å². The molecule has 3 nitrogen and oxygen atoms in total. The van der Waals surface area contributed by atoms with Gasteiger partial charge in [0.25, 0.3) is 0 Å². The van der Waals surface area contributed by atoms with Crippen molar-refractivity contribution < 1.29 is 14.6 Å². The fourth-order valence-electron chi connectivity index (χ4n) is 2.09. The van der Waals surface area contributed by atoms with Crippen molar-refractivity contribution in [3.8, 4) is 11.5 Å². The summed E-state index contributed by atoms with van der Waals surface area (Å²) in [5, 5.41) is 10.6. The first-order chi connectivity index (χ1) is 9.56. The van der Waals surface area contributed by atoms with Crippen molar-refractivity contribution in [1.82, 2.24) is 0 Å². The number of halogens is 1. The molecule has 0 saturated heterocycles. The first-order valence-electron chi connectivity index (χ1n) is 6.23. The van der Waals surface area contributed by atoms with Gasteiger partial charge < -0.3 is 14.6 Å². The van der Waals surface area contributed by atoms with Crippen LogP contribution < -0.4 is 9.47 Å². The predicted molar refractivity (Wildman–Crippen MR) is 82.5 cm³/mol. The van der Waals surface area contributed by atoms with E-state index in [-0.39, 0.29) is 0 Å². The average molecular weight is 337 g/mol. The smallest absolute Gasteiger partial charge is 0.125 e. The number of ether oxygens (including phenoxy) is 2. The van der Waals surface area contributed by atoms with Gasteiger partial charge in [-0.15, -0.1) is 0 Å². The second kappa shape index (κ2) is 6.29. The topological polar surface area (TPSA) is 38.7 Å². The zero-order chi connectivity index (χ0) is 14.7. The van der Waals surface area contributed by atoms with Gasteiger partial charge in [0.05, 0.1) is 14.2 Å². The molecule has 0 fully saturated rings. The van der Waals surface area contributed by atoms with Gasteiger partial charge in [-0.1, -0.05) is 33.6 Å². The van der Waals surface area contributed by atoms with Crippen molar-refractivity contribution in [2.24, 2.45) is 0 Å². The lowest BCUT2D eigenvalue weighted by Crippen LogP contribution is -2.04. The lowest BCUT2D eigenvalue weighted by atomic mass is 9.99. The SMILES string of the molecule is COc1ccc(C(O)c2cc(C)ccc2OC)c(Br)c1. The summed E-state index contributed by atoms with van der Waals surface area (Å²) in [6.07, 6.45) is -0.759. The van der Waals surface area contributed by atoms with Gasteiger partial charge in [0, 0.05) is 10.0 Å². The Labute approximate surface area is 127 Å². The van der Waals surface area contributed by atoms with Gasteiger partial charge >= 0.3 is 0 Å². The van der Waals surface area contributed by atoms with Crippen molar-refractivity contribution in [2.75, 3.05) is 14.2 Å². The highest BCUT2D eigenvalue weighted by Crippen LogP contribution is 2.35. The molecule has 0 bridgehead atoms. The zero-order valence-electron chi connectivity index (χ0n) is 11.7. The Morgan fingerprint density at radius 2 is 1.75 bits per heavy atom.